The van der Waals surface area contributed by atoms with Crippen molar-refractivity contribution < 1.29 is 0 Å². The van der Waals surface area contributed by atoms with Crippen LogP contribution in [0.1, 0.15) is 291 Å². The van der Waals surface area contributed by atoms with E-state index in [2.05, 4.69) is 83.1 Å². The van der Waals surface area contributed by atoms with E-state index < -0.39 is 0 Å². The highest BCUT2D eigenvalue weighted by atomic mass is 14.2. The Morgan fingerprint density at radius 2 is 0.250 bits per heavy atom. The molecule has 56 heavy (non-hydrogen) atoms. The van der Waals surface area contributed by atoms with Crippen molar-refractivity contribution in [3.63, 3.8) is 0 Å². The van der Waals surface area contributed by atoms with E-state index in [0.717, 1.165) is 71.0 Å². The zero-order valence-corrected chi connectivity index (χ0v) is 42.7. The van der Waals surface area contributed by atoms with Crippen LogP contribution >= 0.6 is 0 Å². The fourth-order valence-electron chi connectivity index (χ4n) is 10.8. The van der Waals surface area contributed by atoms with E-state index in [1.54, 1.807) is 0 Å². The van der Waals surface area contributed by atoms with Crippen molar-refractivity contribution in [2.24, 2.45) is 71.0 Å². The third-order valence-corrected chi connectivity index (χ3v) is 14.4. The van der Waals surface area contributed by atoms with Crippen LogP contribution in [0.25, 0.3) is 0 Å². The van der Waals surface area contributed by atoms with Gasteiger partial charge in [-0.25, -0.2) is 0 Å². The molecule has 2 aliphatic rings. The van der Waals surface area contributed by atoms with Gasteiger partial charge in [-0.05, 0) is 96.7 Å². The minimum Gasteiger partial charge on any atom is -0.0683 e. The van der Waals surface area contributed by atoms with Crippen LogP contribution in [-0.2, 0) is 0 Å². The van der Waals surface area contributed by atoms with Crippen LogP contribution in [0.2, 0.25) is 0 Å². The molecule has 0 bridgehead atoms. The molecule has 0 aromatic rings. The van der Waals surface area contributed by atoms with E-state index in [9.17, 15) is 0 Å². The second-order valence-electron chi connectivity index (χ2n) is 21.7. The summed E-state index contributed by atoms with van der Waals surface area (Å²) >= 11 is 0. The van der Waals surface area contributed by atoms with Gasteiger partial charge in [-0.1, -0.05) is 265 Å². The van der Waals surface area contributed by atoms with Gasteiger partial charge in [0.25, 0.3) is 0 Å². The molecule has 8 unspecified atom stereocenters. The molecule has 8 atom stereocenters. The van der Waals surface area contributed by atoms with E-state index in [-0.39, 0.29) is 0 Å². The van der Waals surface area contributed by atoms with E-state index in [0.29, 0.717) is 0 Å². The van der Waals surface area contributed by atoms with Crippen LogP contribution in [-0.4, -0.2) is 0 Å². The molecule has 0 saturated heterocycles. The summed E-state index contributed by atoms with van der Waals surface area (Å²) in [6.45, 7) is 38.0. The summed E-state index contributed by atoms with van der Waals surface area (Å²) in [5.74, 6) is 11.2. The lowest BCUT2D eigenvalue weighted by Gasteiger charge is -2.21. The largest absolute Gasteiger partial charge is 0.0683 e. The molecule has 0 heteroatoms. The molecule has 0 aromatic heterocycles. The van der Waals surface area contributed by atoms with Crippen molar-refractivity contribution in [1.29, 1.82) is 0 Å². The summed E-state index contributed by atoms with van der Waals surface area (Å²) in [5, 5.41) is 0. The van der Waals surface area contributed by atoms with Crippen molar-refractivity contribution in [1.82, 2.24) is 0 Å². The topological polar surface area (TPSA) is 0 Å². The second-order valence-corrected chi connectivity index (χ2v) is 21.7. The fraction of sp³-hybridized carbons (Fsp3) is 1.00. The third kappa shape index (κ3) is 37.0. The maximum atomic E-state index is 2.50. The van der Waals surface area contributed by atoms with Crippen LogP contribution in [0.3, 0.4) is 0 Å². The van der Waals surface area contributed by atoms with Crippen molar-refractivity contribution in [3.8, 4) is 0 Å². The van der Waals surface area contributed by atoms with Crippen molar-refractivity contribution >= 4 is 0 Å². The van der Waals surface area contributed by atoms with Crippen molar-refractivity contribution in [3.05, 3.63) is 0 Å². The summed E-state index contributed by atoms with van der Waals surface area (Å²) in [7, 11) is 0. The van der Waals surface area contributed by atoms with Crippen molar-refractivity contribution in [2.45, 2.75) is 291 Å². The minimum atomic E-state index is 0.932. The Labute approximate surface area is 360 Å². The molecule has 0 aromatic carbocycles. The first-order valence-corrected chi connectivity index (χ1v) is 26.7. The summed E-state index contributed by atoms with van der Waals surface area (Å²) in [6, 6.07) is 0. The van der Waals surface area contributed by atoms with Crippen LogP contribution in [0, 0.1) is 71.0 Å². The molecule has 0 nitrogen and oxygen atoms in total. The monoisotopic (exact) mass is 789 g/mol. The Morgan fingerprint density at radius 3 is 0.357 bits per heavy atom. The highest BCUT2D eigenvalue weighted by molar-refractivity contribution is 4.69. The molecular weight excluding hydrogens is 673 g/mol. The normalized spacial score (nSPS) is 36.0. The first-order valence-electron chi connectivity index (χ1n) is 26.7. The highest BCUT2D eigenvalue weighted by Gasteiger charge is 2.16. The lowest BCUT2D eigenvalue weighted by molar-refractivity contribution is 0.315. The molecular formula is C56H116. The molecule has 0 spiro atoms. The first-order chi connectivity index (χ1) is 26.7. The minimum absolute atomic E-state index is 0.932. The molecule has 2 rings (SSSR count). The predicted molar refractivity (Wildman–Crippen MR) is 262 cm³/mol. The Bertz CT molecular complexity index is 584. The van der Waals surface area contributed by atoms with Gasteiger partial charge in [-0.2, -0.15) is 0 Å². The quantitative estimate of drug-likeness (QED) is 0.229. The van der Waals surface area contributed by atoms with Gasteiger partial charge >= 0.3 is 0 Å². The Balaban J connectivity index is 0. The van der Waals surface area contributed by atoms with Gasteiger partial charge in [0, 0.05) is 0 Å². The Hall–Kier alpha value is 0. The van der Waals surface area contributed by atoms with Gasteiger partial charge in [-0.3, -0.25) is 0 Å². The molecule has 0 radical (unpaired) electrons. The fourth-order valence-corrected chi connectivity index (χ4v) is 10.8. The van der Waals surface area contributed by atoms with Gasteiger partial charge in [0.05, 0.1) is 0 Å². The molecule has 0 aliphatic heterocycles. The molecule has 0 heterocycles. The number of hydrogen-bond acceptors (Lipinski definition) is 0. The van der Waals surface area contributed by atoms with Gasteiger partial charge in [0.1, 0.15) is 0 Å². The van der Waals surface area contributed by atoms with Gasteiger partial charge in [0.2, 0.25) is 0 Å². The average Bonchev–Trinajstić information content (AvgIpc) is 3.12. The molecule has 340 valence electrons. The lowest BCUT2D eigenvalue weighted by Crippen LogP contribution is -2.07. The number of rotatable bonds is 0. The molecule has 0 amide bonds. The lowest BCUT2D eigenvalue weighted by atomic mass is 9.85. The van der Waals surface area contributed by atoms with Crippen LogP contribution in [0.15, 0.2) is 0 Å². The zero-order valence-electron chi connectivity index (χ0n) is 42.7. The molecule has 2 saturated carbocycles. The van der Waals surface area contributed by atoms with Gasteiger partial charge in [-0.15, -0.1) is 0 Å². The van der Waals surface area contributed by atoms with Gasteiger partial charge < -0.3 is 0 Å². The maximum absolute atomic E-state index is 2.50. The molecule has 2 fully saturated rings. The molecule has 2 aliphatic carbocycles. The molecule has 0 N–H and O–H groups in total. The van der Waals surface area contributed by atoms with Crippen LogP contribution in [0.5, 0.6) is 0 Å². The second kappa shape index (κ2) is 39.2. The summed E-state index contributed by atoms with van der Waals surface area (Å²) < 4.78 is 0. The Morgan fingerprint density at radius 1 is 0.161 bits per heavy atom. The SMILES string of the molecule is CC.CC.CC1CCCC(C)CC(C)CCCC(C)CCCC(C)CC(C)CCC1.CC1CCCC(C)CC(C)CCCC(C)CCCC(C)CC(C)CCC1. The summed E-state index contributed by atoms with van der Waals surface area (Å²) in [6.07, 6.45) is 40.8. The van der Waals surface area contributed by atoms with E-state index in [1.807, 2.05) is 27.7 Å². The maximum Gasteiger partial charge on any atom is -0.0440 e. The van der Waals surface area contributed by atoms with Crippen LogP contribution in [0.4, 0.5) is 0 Å². The van der Waals surface area contributed by atoms with Crippen LogP contribution < -0.4 is 0 Å². The number of hydrogen-bond donors (Lipinski definition) is 0. The van der Waals surface area contributed by atoms with E-state index in [4.69, 9.17) is 0 Å². The standard InChI is InChI=1S/2C26H52.2C2H6/c2*1-21-11-7-15-23(3)19-25(5)17-9-13-22(2)14-10-18-26(6)20-24(4)16-8-12-21;2*1-2/h2*21-26H,7-20H2,1-6H3;2*1-2H3. The zero-order chi connectivity index (χ0) is 42.7. The summed E-state index contributed by atoms with van der Waals surface area (Å²) in [4.78, 5) is 0. The Kier molecular flexibility index (Phi) is 40.6. The summed E-state index contributed by atoms with van der Waals surface area (Å²) in [5.41, 5.74) is 0. The van der Waals surface area contributed by atoms with E-state index >= 15 is 0 Å². The van der Waals surface area contributed by atoms with Crippen molar-refractivity contribution in [2.75, 3.05) is 0 Å². The average molecular weight is 790 g/mol. The smallest absolute Gasteiger partial charge is 0.0440 e. The third-order valence-electron chi connectivity index (χ3n) is 14.4. The highest BCUT2D eigenvalue weighted by Crippen LogP contribution is 2.30. The first kappa shape index (κ1) is 58.1. The van der Waals surface area contributed by atoms with E-state index in [1.165, 1.54) is 180 Å². The predicted octanol–water partition coefficient (Wildman–Crippen LogP) is 20.6. The van der Waals surface area contributed by atoms with Gasteiger partial charge in [0.15, 0.2) is 0 Å².